The number of carbonyl (C=O) groups excluding carboxylic acids is 1. The molecule has 2 aliphatic heterocycles. The molecule has 0 spiro atoms. The number of carbonyl (C=O) groups is 1. The molecule has 200 valence electrons. The van der Waals surface area contributed by atoms with Crippen molar-refractivity contribution >= 4 is 17.7 Å². The highest BCUT2D eigenvalue weighted by molar-refractivity contribution is 6.18. The molecule has 0 aliphatic carbocycles. The molecule has 38 heavy (non-hydrogen) atoms. The fraction of sp³-hybridized carbons (Fsp3) is 0.370. The Morgan fingerprint density at radius 2 is 1.84 bits per heavy atom. The fourth-order valence-corrected chi connectivity index (χ4v) is 4.91. The summed E-state index contributed by atoms with van der Waals surface area (Å²) in [6.45, 7) is 7.72. The number of alkyl halides is 3. The molecule has 2 aliphatic rings. The molecule has 0 saturated heterocycles. The normalized spacial score (nSPS) is 17.3. The number of hydrogen-bond acceptors (Lipinski definition) is 4. The van der Waals surface area contributed by atoms with Crippen molar-refractivity contribution in [3.8, 4) is 11.4 Å². The number of benzene rings is 2. The maximum absolute atomic E-state index is 14.8. The van der Waals surface area contributed by atoms with E-state index in [9.17, 15) is 26.7 Å². The van der Waals surface area contributed by atoms with Gasteiger partial charge in [0.1, 0.15) is 23.3 Å². The van der Waals surface area contributed by atoms with Crippen molar-refractivity contribution in [2.45, 2.75) is 46.5 Å². The first-order valence-electron chi connectivity index (χ1n) is 12.3. The zero-order valence-electron chi connectivity index (χ0n) is 21.3. The highest BCUT2D eigenvalue weighted by Crippen LogP contribution is 2.40. The Kier molecular flexibility index (Phi) is 6.27. The van der Waals surface area contributed by atoms with Crippen LogP contribution in [-0.4, -0.2) is 45.4 Å². The van der Waals surface area contributed by atoms with Crippen molar-refractivity contribution < 1.29 is 26.7 Å². The Morgan fingerprint density at radius 3 is 2.47 bits per heavy atom. The maximum atomic E-state index is 14.8. The van der Waals surface area contributed by atoms with E-state index in [-0.39, 0.29) is 46.7 Å². The molecule has 0 N–H and O–H groups in total. The minimum Gasteiger partial charge on any atom is -0.305 e. The molecule has 0 unspecified atom stereocenters. The van der Waals surface area contributed by atoms with Crippen molar-refractivity contribution in [1.29, 1.82) is 0 Å². The van der Waals surface area contributed by atoms with E-state index < -0.39 is 29.3 Å². The van der Waals surface area contributed by atoms with Gasteiger partial charge in [0.05, 0.1) is 24.7 Å². The number of fused-ring (bicyclic) bond motifs is 3. The first kappa shape index (κ1) is 25.9. The van der Waals surface area contributed by atoms with Crippen LogP contribution in [0.1, 0.15) is 48.0 Å². The Hall–Kier alpha value is -3.76. The number of halogens is 5. The first-order chi connectivity index (χ1) is 17.9. The summed E-state index contributed by atoms with van der Waals surface area (Å²) in [6.07, 6.45) is -4.60. The van der Waals surface area contributed by atoms with Gasteiger partial charge in [-0.1, -0.05) is 32.0 Å². The Balaban J connectivity index is 1.75. The zero-order chi connectivity index (χ0) is 27.5. The molecule has 1 aromatic heterocycles. The molecule has 6 nitrogen and oxygen atoms in total. The second-order valence-corrected chi connectivity index (χ2v) is 9.86. The van der Waals surface area contributed by atoms with Crippen LogP contribution < -0.4 is 4.90 Å². The van der Waals surface area contributed by atoms with Crippen LogP contribution >= 0.6 is 0 Å². The number of aryl methyl sites for hydroxylation is 1. The van der Waals surface area contributed by atoms with Crippen LogP contribution in [0.5, 0.6) is 0 Å². The van der Waals surface area contributed by atoms with Crippen LogP contribution in [0.4, 0.5) is 27.8 Å². The summed E-state index contributed by atoms with van der Waals surface area (Å²) in [5, 5.41) is 0. The second kappa shape index (κ2) is 9.21. The molecule has 3 heterocycles. The van der Waals surface area contributed by atoms with Gasteiger partial charge in [-0.3, -0.25) is 14.6 Å². The summed E-state index contributed by atoms with van der Waals surface area (Å²) in [5.41, 5.74) is -0.536. The fourth-order valence-electron chi connectivity index (χ4n) is 4.91. The predicted molar refractivity (Wildman–Crippen MR) is 133 cm³/mol. The van der Waals surface area contributed by atoms with Gasteiger partial charge >= 0.3 is 6.18 Å². The zero-order valence-corrected chi connectivity index (χ0v) is 21.3. The third-order valence-corrected chi connectivity index (χ3v) is 7.01. The molecule has 2 aromatic carbocycles. The molecule has 0 radical (unpaired) electrons. The SMILES string of the molecule is CCN1C(=O)c2nc(-c3ccc(C)c(C(F)(F)F)c3)n(Cc3ccc(F)cc3F)c2N2C[C@@H](C(C)C)N=C12. The summed E-state index contributed by atoms with van der Waals surface area (Å²) >= 11 is 0. The van der Waals surface area contributed by atoms with Gasteiger partial charge in [0.2, 0.25) is 5.96 Å². The van der Waals surface area contributed by atoms with E-state index in [1.165, 1.54) is 34.6 Å². The van der Waals surface area contributed by atoms with E-state index in [4.69, 9.17) is 4.99 Å². The molecule has 0 fully saturated rings. The number of nitrogens with zero attached hydrogens (tertiary/aromatic N) is 5. The van der Waals surface area contributed by atoms with Gasteiger partial charge in [-0.25, -0.2) is 18.8 Å². The third kappa shape index (κ3) is 4.23. The third-order valence-electron chi connectivity index (χ3n) is 7.01. The summed E-state index contributed by atoms with van der Waals surface area (Å²) in [7, 11) is 0. The van der Waals surface area contributed by atoms with E-state index >= 15 is 0 Å². The number of amides is 1. The van der Waals surface area contributed by atoms with Crippen LogP contribution in [0.3, 0.4) is 0 Å². The summed E-state index contributed by atoms with van der Waals surface area (Å²) in [6, 6.07) is 6.81. The first-order valence-corrected chi connectivity index (χ1v) is 12.3. The number of guanidine groups is 1. The second-order valence-electron chi connectivity index (χ2n) is 9.86. The average molecular weight is 532 g/mol. The van der Waals surface area contributed by atoms with Crippen molar-refractivity contribution in [3.63, 3.8) is 0 Å². The van der Waals surface area contributed by atoms with Crippen LogP contribution in [0, 0.1) is 24.5 Å². The van der Waals surface area contributed by atoms with E-state index in [0.29, 0.717) is 24.9 Å². The topological polar surface area (TPSA) is 53.7 Å². The van der Waals surface area contributed by atoms with Crippen LogP contribution in [-0.2, 0) is 12.7 Å². The lowest BCUT2D eigenvalue weighted by atomic mass is 10.0. The predicted octanol–water partition coefficient (Wildman–Crippen LogP) is 5.88. The molecule has 0 bridgehead atoms. The van der Waals surface area contributed by atoms with Crippen molar-refractivity contribution in [2.24, 2.45) is 10.9 Å². The highest BCUT2D eigenvalue weighted by Gasteiger charge is 2.44. The van der Waals surface area contributed by atoms with E-state index in [1.807, 2.05) is 18.7 Å². The number of anilines is 1. The quantitative estimate of drug-likeness (QED) is 0.387. The van der Waals surface area contributed by atoms with Gasteiger partial charge in [0.15, 0.2) is 5.69 Å². The number of aliphatic imine (C=N–C) groups is 1. The van der Waals surface area contributed by atoms with E-state index in [1.54, 1.807) is 6.92 Å². The van der Waals surface area contributed by atoms with Crippen molar-refractivity contribution in [1.82, 2.24) is 14.5 Å². The summed E-state index contributed by atoms with van der Waals surface area (Å²) in [4.78, 5) is 26.2. The van der Waals surface area contributed by atoms with Gasteiger partial charge in [0, 0.05) is 23.7 Å². The number of imidazole rings is 1. The van der Waals surface area contributed by atoms with Crippen LogP contribution in [0.15, 0.2) is 41.4 Å². The Bertz CT molecular complexity index is 1460. The van der Waals surface area contributed by atoms with Gasteiger partial charge in [-0.05, 0) is 37.5 Å². The summed E-state index contributed by atoms with van der Waals surface area (Å²) in [5.74, 6) is -1.03. The van der Waals surface area contributed by atoms with Crippen molar-refractivity contribution in [3.05, 3.63) is 70.4 Å². The number of hydrogen-bond donors (Lipinski definition) is 0. The largest absolute Gasteiger partial charge is 0.416 e. The minimum absolute atomic E-state index is 0.0377. The lowest BCUT2D eigenvalue weighted by molar-refractivity contribution is -0.138. The number of aromatic nitrogens is 2. The molecule has 5 rings (SSSR count). The Labute approximate surface area is 216 Å². The monoisotopic (exact) mass is 531 g/mol. The van der Waals surface area contributed by atoms with E-state index in [0.717, 1.165) is 18.2 Å². The van der Waals surface area contributed by atoms with Crippen molar-refractivity contribution in [2.75, 3.05) is 18.0 Å². The minimum atomic E-state index is -4.60. The Morgan fingerprint density at radius 1 is 1.11 bits per heavy atom. The molecular weight excluding hydrogens is 505 g/mol. The molecular formula is C27H26F5N5O. The van der Waals surface area contributed by atoms with Gasteiger partial charge in [-0.2, -0.15) is 13.2 Å². The smallest absolute Gasteiger partial charge is 0.305 e. The van der Waals surface area contributed by atoms with Crippen LogP contribution in [0.25, 0.3) is 11.4 Å². The van der Waals surface area contributed by atoms with Gasteiger partial charge < -0.3 is 4.57 Å². The number of rotatable bonds is 5. The summed E-state index contributed by atoms with van der Waals surface area (Å²) < 4.78 is 71.2. The molecule has 11 heteroatoms. The standard InChI is InChI=1S/C27H26F5N5O/c1-5-35-25(38)22-24(37-13-21(14(2)3)33-26(35)37)36(12-17-8-9-18(28)11-20(17)29)23(34-22)16-7-6-15(4)19(10-16)27(30,31)32/h6-11,14,21H,5,12-13H2,1-4H3/t21-/m0/s1. The van der Waals surface area contributed by atoms with Gasteiger partial charge in [-0.15, -0.1) is 0 Å². The van der Waals surface area contributed by atoms with Gasteiger partial charge in [0.25, 0.3) is 5.91 Å². The molecule has 1 atom stereocenters. The molecule has 1 amide bonds. The van der Waals surface area contributed by atoms with Crippen LogP contribution in [0.2, 0.25) is 0 Å². The lowest BCUT2D eigenvalue weighted by Gasteiger charge is -2.34. The average Bonchev–Trinajstić information content (AvgIpc) is 3.43. The highest BCUT2D eigenvalue weighted by atomic mass is 19.4. The molecule has 0 saturated carbocycles. The molecule has 3 aromatic rings. The van der Waals surface area contributed by atoms with E-state index in [2.05, 4.69) is 4.98 Å². The maximum Gasteiger partial charge on any atom is 0.416 e. The lowest BCUT2D eigenvalue weighted by Crippen LogP contribution is -2.50.